The van der Waals surface area contributed by atoms with Crippen LogP contribution in [0.5, 0.6) is 0 Å². The van der Waals surface area contributed by atoms with Crippen molar-refractivity contribution >= 4 is 16.7 Å². The molecule has 0 aliphatic heterocycles. The molecule has 5 heteroatoms. The van der Waals surface area contributed by atoms with E-state index in [0.29, 0.717) is 6.54 Å². The van der Waals surface area contributed by atoms with E-state index < -0.39 is 0 Å². The highest BCUT2D eigenvalue weighted by atomic mass is 15.3. The van der Waals surface area contributed by atoms with Crippen LogP contribution in [0, 0.1) is 0 Å². The molecule has 130 valence electrons. The maximum atomic E-state index is 4.64. The molecule has 0 radical (unpaired) electrons. The number of nitrogens with zero attached hydrogens (tertiary/aromatic N) is 3. The molecule has 1 heterocycles. The molecule has 0 amide bonds. The van der Waals surface area contributed by atoms with Gasteiger partial charge in [0.25, 0.3) is 0 Å². The molecule has 0 aliphatic carbocycles. The van der Waals surface area contributed by atoms with Crippen LogP contribution in [0.4, 0.5) is 0 Å². The second-order valence-corrected chi connectivity index (χ2v) is 5.96. The molecule has 0 saturated carbocycles. The lowest BCUT2D eigenvalue weighted by Crippen LogP contribution is -2.38. The fourth-order valence-electron chi connectivity index (χ4n) is 2.88. The van der Waals surface area contributed by atoms with Crippen molar-refractivity contribution < 1.29 is 0 Å². The molecule has 0 spiro atoms. The molecule has 0 unspecified atom stereocenters. The van der Waals surface area contributed by atoms with Gasteiger partial charge in [-0.25, -0.2) is 4.99 Å². The summed E-state index contributed by atoms with van der Waals surface area (Å²) in [6.07, 6.45) is 2.75. The van der Waals surface area contributed by atoms with E-state index in [1.807, 2.05) is 17.8 Å². The van der Waals surface area contributed by atoms with Gasteiger partial charge in [0.15, 0.2) is 5.96 Å². The number of rotatable bonds is 6. The van der Waals surface area contributed by atoms with Crippen molar-refractivity contribution in [3.8, 4) is 0 Å². The molecule has 2 N–H and O–H groups in total. The number of fused-ring (bicyclic) bond motifs is 1. The average molecular weight is 335 g/mol. The molecule has 0 aliphatic rings. The van der Waals surface area contributed by atoms with Crippen LogP contribution < -0.4 is 10.6 Å². The second kappa shape index (κ2) is 8.33. The van der Waals surface area contributed by atoms with E-state index in [-0.39, 0.29) is 0 Å². The van der Waals surface area contributed by atoms with Crippen molar-refractivity contribution in [2.45, 2.75) is 19.9 Å². The SMILES string of the molecule is CCNC(=NCc1ccnn1C)NCCc1cccc2ccccc12. The lowest BCUT2D eigenvalue weighted by Gasteiger charge is -2.12. The number of nitrogens with one attached hydrogen (secondary N) is 2. The third-order valence-electron chi connectivity index (χ3n) is 4.23. The van der Waals surface area contributed by atoms with Crippen LogP contribution >= 0.6 is 0 Å². The number of guanidine groups is 1. The van der Waals surface area contributed by atoms with E-state index in [4.69, 9.17) is 0 Å². The number of hydrogen-bond donors (Lipinski definition) is 2. The van der Waals surface area contributed by atoms with Crippen LogP contribution in [0.2, 0.25) is 0 Å². The lowest BCUT2D eigenvalue weighted by molar-refractivity contribution is 0.707. The number of benzene rings is 2. The van der Waals surface area contributed by atoms with Gasteiger partial charge in [0.05, 0.1) is 12.2 Å². The van der Waals surface area contributed by atoms with Crippen molar-refractivity contribution in [3.05, 3.63) is 66.0 Å². The van der Waals surface area contributed by atoms with Gasteiger partial charge < -0.3 is 10.6 Å². The molecular weight excluding hydrogens is 310 g/mol. The third-order valence-corrected chi connectivity index (χ3v) is 4.23. The van der Waals surface area contributed by atoms with Crippen LogP contribution in [0.25, 0.3) is 10.8 Å². The highest BCUT2D eigenvalue weighted by molar-refractivity contribution is 5.85. The fraction of sp³-hybridized carbons (Fsp3) is 0.300. The van der Waals surface area contributed by atoms with Gasteiger partial charge in [-0.2, -0.15) is 5.10 Å². The molecule has 3 aromatic rings. The van der Waals surface area contributed by atoms with Gasteiger partial charge in [-0.05, 0) is 35.7 Å². The topological polar surface area (TPSA) is 54.2 Å². The van der Waals surface area contributed by atoms with Crippen molar-refractivity contribution in [1.29, 1.82) is 0 Å². The first-order chi connectivity index (χ1) is 12.3. The lowest BCUT2D eigenvalue weighted by atomic mass is 10.0. The Morgan fingerprint density at radius 2 is 1.92 bits per heavy atom. The Morgan fingerprint density at radius 1 is 1.08 bits per heavy atom. The molecule has 25 heavy (non-hydrogen) atoms. The van der Waals surface area contributed by atoms with Crippen molar-refractivity contribution in [2.24, 2.45) is 12.0 Å². The average Bonchev–Trinajstić information content (AvgIpc) is 3.05. The standard InChI is InChI=1S/C20H25N5/c1-3-21-20(23-15-18-12-14-24-25(18)2)22-13-11-17-9-6-8-16-7-4-5-10-19(16)17/h4-10,12,14H,3,11,13,15H2,1-2H3,(H2,21,22,23). The van der Waals surface area contributed by atoms with Gasteiger partial charge in [-0.3, -0.25) is 4.68 Å². The summed E-state index contributed by atoms with van der Waals surface area (Å²) < 4.78 is 1.85. The number of aromatic nitrogens is 2. The Hall–Kier alpha value is -2.82. The molecule has 1 aromatic heterocycles. The van der Waals surface area contributed by atoms with E-state index in [2.05, 4.69) is 70.1 Å². The maximum absolute atomic E-state index is 4.64. The zero-order valence-corrected chi connectivity index (χ0v) is 14.9. The van der Waals surface area contributed by atoms with E-state index in [1.54, 1.807) is 6.20 Å². The van der Waals surface area contributed by atoms with Crippen LogP contribution in [0.1, 0.15) is 18.2 Å². The Morgan fingerprint density at radius 3 is 2.72 bits per heavy atom. The first kappa shape index (κ1) is 17.0. The van der Waals surface area contributed by atoms with E-state index >= 15 is 0 Å². The minimum Gasteiger partial charge on any atom is -0.357 e. The van der Waals surface area contributed by atoms with E-state index in [0.717, 1.165) is 31.2 Å². The quantitative estimate of drug-likeness (QED) is 0.538. The number of aryl methyl sites for hydroxylation is 1. The summed E-state index contributed by atoms with van der Waals surface area (Å²) in [7, 11) is 1.94. The normalized spacial score (nSPS) is 11.7. The molecular formula is C20H25N5. The summed E-state index contributed by atoms with van der Waals surface area (Å²) in [5, 5.41) is 13.5. The summed E-state index contributed by atoms with van der Waals surface area (Å²) in [5.41, 5.74) is 2.44. The Bertz CT molecular complexity index is 845. The Labute approximate surface area is 148 Å². The summed E-state index contributed by atoms with van der Waals surface area (Å²) in [4.78, 5) is 4.64. The maximum Gasteiger partial charge on any atom is 0.191 e. The molecule has 0 saturated heterocycles. The highest BCUT2D eigenvalue weighted by Gasteiger charge is 2.03. The van der Waals surface area contributed by atoms with Crippen molar-refractivity contribution in [1.82, 2.24) is 20.4 Å². The highest BCUT2D eigenvalue weighted by Crippen LogP contribution is 2.18. The van der Waals surface area contributed by atoms with Gasteiger partial charge in [-0.15, -0.1) is 0 Å². The van der Waals surface area contributed by atoms with Gasteiger partial charge >= 0.3 is 0 Å². The number of aliphatic imine (C=N–C) groups is 1. The first-order valence-corrected chi connectivity index (χ1v) is 8.73. The molecule has 0 bridgehead atoms. The molecule has 0 atom stereocenters. The minimum absolute atomic E-state index is 0.611. The molecule has 3 rings (SSSR count). The van der Waals surface area contributed by atoms with E-state index in [1.165, 1.54) is 16.3 Å². The Kier molecular flexibility index (Phi) is 5.67. The third kappa shape index (κ3) is 4.38. The van der Waals surface area contributed by atoms with Gasteiger partial charge in [0, 0.05) is 26.3 Å². The zero-order valence-electron chi connectivity index (χ0n) is 14.9. The monoisotopic (exact) mass is 335 g/mol. The van der Waals surface area contributed by atoms with Gasteiger partial charge in [0.2, 0.25) is 0 Å². The van der Waals surface area contributed by atoms with Crippen molar-refractivity contribution in [3.63, 3.8) is 0 Å². The fourth-order valence-corrected chi connectivity index (χ4v) is 2.88. The molecule has 5 nitrogen and oxygen atoms in total. The summed E-state index contributed by atoms with van der Waals surface area (Å²) >= 11 is 0. The molecule has 0 fully saturated rings. The zero-order chi connectivity index (χ0) is 17.5. The largest absolute Gasteiger partial charge is 0.357 e. The van der Waals surface area contributed by atoms with Crippen molar-refractivity contribution in [2.75, 3.05) is 13.1 Å². The Balaban J connectivity index is 1.62. The van der Waals surface area contributed by atoms with Crippen LogP contribution in [0.3, 0.4) is 0 Å². The van der Waals surface area contributed by atoms with Gasteiger partial charge in [-0.1, -0.05) is 42.5 Å². The summed E-state index contributed by atoms with van der Waals surface area (Å²) in [6.45, 7) is 4.36. The smallest absolute Gasteiger partial charge is 0.191 e. The predicted molar refractivity (Wildman–Crippen MR) is 104 cm³/mol. The van der Waals surface area contributed by atoms with E-state index in [9.17, 15) is 0 Å². The van der Waals surface area contributed by atoms with Gasteiger partial charge in [0.1, 0.15) is 0 Å². The summed E-state index contributed by atoms with van der Waals surface area (Å²) in [5.74, 6) is 0.837. The number of hydrogen-bond acceptors (Lipinski definition) is 2. The summed E-state index contributed by atoms with van der Waals surface area (Å²) in [6, 6.07) is 17.0. The van der Waals surface area contributed by atoms with Crippen LogP contribution in [-0.2, 0) is 20.0 Å². The predicted octanol–water partition coefficient (Wildman–Crippen LogP) is 2.87. The second-order valence-electron chi connectivity index (χ2n) is 5.96. The van der Waals surface area contributed by atoms with Crippen LogP contribution in [0.15, 0.2) is 59.7 Å². The van der Waals surface area contributed by atoms with Crippen LogP contribution in [-0.4, -0.2) is 28.8 Å². The minimum atomic E-state index is 0.611. The first-order valence-electron chi connectivity index (χ1n) is 8.73. The molecule has 2 aromatic carbocycles.